The summed E-state index contributed by atoms with van der Waals surface area (Å²) < 4.78 is 5.20. The number of hydrogen-bond donors (Lipinski definition) is 2. The third-order valence-corrected chi connectivity index (χ3v) is 2.93. The number of hydrogen-bond acceptors (Lipinski definition) is 3. The Labute approximate surface area is 111 Å². The summed E-state index contributed by atoms with van der Waals surface area (Å²) in [7, 11) is 0. The molecule has 0 bridgehead atoms. The van der Waals surface area contributed by atoms with E-state index < -0.39 is 0 Å². The van der Waals surface area contributed by atoms with Crippen molar-refractivity contribution in [2.75, 3.05) is 31.6 Å². The summed E-state index contributed by atoms with van der Waals surface area (Å²) >= 11 is 4.90. The molecule has 1 aromatic carbocycles. The maximum absolute atomic E-state index is 11.9. The second-order valence-corrected chi connectivity index (χ2v) is 4.41. The number of nitrogens with two attached hydrogens (primary N) is 1. The number of anilines is 1. The molecule has 0 aliphatic carbocycles. The molecule has 5 nitrogen and oxygen atoms in total. The smallest absolute Gasteiger partial charge is 0.321 e. The summed E-state index contributed by atoms with van der Waals surface area (Å²) in [4.78, 5) is 14.0. The molecule has 1 aromatic rings. The Bertz CT molecular complexity index is 458. The molecule has 3 N–H and O–H groups in total. The molecule has 0 spiro atoms. The summed E-state index contributed by atoms with van der Waals surface area (Å²) in [5.74, 6) is 0. The molecule has 6 heteroatoms. The predicted molar refractivity (Wildman–Crippen MR) is 73.7 cm³/mol. The van der Waals surface area contributed by atoms with Crippen LogP contribution in [-0.4, -0.2) is 42.2 Å². The van der Waals surface area contributed by atoms with E-state index >= 15 is 0 Å². The summed E-state index contributed by atoms with van der Waals surface area (Å²) in [5, 5.41) is 2.82. The average molecular weight is 265 g/mol. The first kappa shape index (κ1) is 12.8. The number of carbonyl (C=O) groups is 1. The lowest BCUT2D eigenvalue weighted by atomic mass is 10.2. The first-order valence-electron chi connectivity index (χ1n) is 5.70. The van der Waals surface area contributed by atoms with Crippen LogP contribution >= 0.6 is 12.2 Å². The summed E-state index contributed by atoms with van der Waals surface area (Å²) in [6, 6.07) is 7.06. The van der Waals surface area contributed by atoms with Gasteiger partial charge in [0.1, 0.15) is 4.99 Å². The van der Waals surface area contributed by atoms with Crippen LogP contribution in [0.4, 0.5) is 10.5 Å². The largest absolute Gasteiger partial charge is 0.389 e. The third kappa shape index (κ3) is 3.18. The lowest BCUT2D eigenvalue weighted by Gasteiger charge is -2.27. The number of urea groups is 1. The first-order chi connectivity index (χ1) is 8.66. The van der Waals surface area contributed by atoms with E-state index in [1.807, 2.05) is 12.1 Å². The van der Waals surface area contributed by atoms with Crippen LogP contribution in [0, 0.1) is 0 Å². The van der Waals surface area contributed by atoms with Crippen molar-refractivity contribution in [1.29, 1.82) is 0 Å². The lowest BCUT2D eigenvalue weighted by Crippen LogP contribution is -2.43. The maximum Gasteiger partial charge on any atom is 0.321 e. The van der Waals surface area contributed by atoms with E-state index in [2.05, 4.69) is 5.32 Å². The van der Waals surface area contributed by atoms with Crippen molar-refractivity contribution in [3.63, 3.8) is 0 Å². The fourth-order valence-electron chi connectivity index (χ4n) is 1.72. The van der Waals surface area contributed by atoms with E-state index in [1.54, 1.807) is 17.0 Å². The van der Waals surface area contributed by atoms with E-state index in [-0.39, 0.29) is 6.03 Å². The van der Waals surface area contributed by atoms with Crippen LogP contribution in [0.2, 0.25) is 0 Å². The van der Waals surface area contributed by atoms with Gasteiger partial charge < -0.3 is 20.7 Å². The van der Waals surface area contributed by atoms with Crippen LogP contribution in [0.25, 0.3) is 0 Å². The van der Waals surface area contributed by atoms with Gasteiger partial charge in [0.15, 0.2) is 0 Å². The molecule has 1 fully saturated rings. The Hall–Kier alpha value is -1.66. The van der Waals surface area contributed by atoms with Crippen molar-refractivity contribution in [2.45, 2.75) is 0 Å². The first-order valence-corrected chi connectivity index (χ1v) is 6.11. The van der Waals surface area contributed by atoms with Crippen LogP contribution in [0.3, 0.4) is 0 Å². The molecule has 0 aromatic heterocycles. The van der Waals surface area contributed by atoms with Crippen molar-refractivity contribution in [2.24, 2.45) is 5.73 Å². The van der Waals surface area contributed by atoms with Crippen LogP contribution in [0.1, 0.15) is 5.56 Å². The second-order valence-electron chi connectivity index (χ2n) is 3.97. The number of benzene rings is 1. The van der Waals surface area contributed by atoms with Gasteiger partial charge in [0, 0.05) is 24.3 Å². The number of amides is 2. The van der Waals surface area contributed by atoms with Gasteiger partial charge in [-0.05, 0) is 12.1 Å². The molecular formula is C12H15N3O2S. The molecule has 96 valence electrons. The van der Waals surface area contributed by atoms with Crippen molar-refractivity contribution in [1.82, 2.24) is 4.90 Å². The van der Waals surface area contributed by atoms with Gasteiger partial charge in [0.05, 0.1) is 13.2 Å². The van der Waals surface area contributed by atoms with E-state index in [1.165, 1.54) is 0 Å². The lowest BCUT2D eigenvalue weighted by molar-refractivity contribution is 0.0564. The van der Waals surface area contributed by atoms with Gasteiger partial charge in [-0.25, -0.2) is 4.79 Å². The number of thiocarbonyl (C=S) groups is 1. The van der Waals surface area contributed by atoms with E-state index in [0.29, 0.717) is 37.0 Å². The maximum atomic E-state index is 11.9. The molecular weight excluding hydrogens is 250 g/mol. The summed E-state index contributed by atoms with van der Waals surface area (Å²) in [6.45, 7) is 2.39. The Morgan fingerprint density at radius 1 is 1.39 bits per heavy atom. The Kier molecular flexibility index (Phi) is 4.11. The minimum Gasteiger partial charge on any atom is -0.389 e. The van der Waals surface area contributed by atoms with Crippen LogP contribution < -0.4 is 11.1 Å². The fourth-order valence-corrected chi connectivity index (χ4v) is 1.85. The standard InChI is InChI=1S/C12H15N3O2S/c13-11(18)9-2-1-3-10(8-9)14-12(16)15-4-6-17-7-5-15/h1-3,8H,4-7H2,(H2,13,18)(H,14,16). The average Bonchev–Trinajstić information content (AvgIpc) is 2.40. The van der Waals surface area contributed by atoms with Crippen molar-refractivity contribution in [3.8, 4) is 0 Å². The molecule has 2 rings (SSSR count). The normalized spacial score (nSPS) is 15.2. The SMILES string of the molecule is NC(=S)c1cccc(NC(=O)N2CCOCC2)c1. The van der Waals surface area contributed by atoms with Crippen LogP contribution in [-0.2, 0) is 4.74 Å². The number of morpholine rings is 1. The Morgan fingerprint density at radius 2 is 2.11 bits per heavy atom. The monoisotopic (exact) mass is 265 g/mol. The molecule has 1 saturated heterocycles. The van der Waals surface area contributed by atoms with Crippen molar-refractivity contribution >= 4 is 28.9 Å². The second kappa shape index (κ2) is 5.79. The molecule has 0 saturated carbocycles. The van der Waals surface area contributed by atoms with Crippen molar-refractivity contribution < 1.29 is 9.53 Å². The number of ether oxygens (including phenoxy) is 1. The molecule has 2 amide bonds. The minimum absolute atomic E-state index is 0.126. The van der Waals surface area contributed by atoms with Crippen LogP contribution in [0.5, 0.6) is 0 Å². The fraction of sp³-hybridized carbons (Fsp3) is 0.333. The molecule has 1 heterocycles. The molecule has 1 aliphatic rings. The topological polar surface area (TPSA) is 67.6 Å². The van der Waals surface area contributed by atoms with E-state index in [9.17, 15) is 4.79 Å². The minimum atomic E-state index is -0.126. The number of nitrogens with zero attached hydrogens (tertiary/aromatic N) is 1. The molecule has 0 radical (unpaired) electrons. The molecule has 0 atom stereocenters. The zero-order valence-electron chi connectivity index (χ0n) is 9.89. The highest BCUT2D eigenvalue weighted by atomic mass is 32.1. The summed E-state index contributed by atoms with van der Waals surface area (Å²) in [6.07, 6.45) is 0. The van der Waals surface area contributed by atoms with Crippen molar-refractivity contribution in [3.05, 3.63) is 29.8 Å². The highest BCUT2D eigenvalue weighted by Crippen LogP contribution is 2.12. The van der Waals surface area contributed by atoms with Gasteiger partial charge in [0.2, 0.25) is 0 Å². The molecule has 1 aliphatic heterocycles. The quantitative estimate of drug-likeness (QED) is 0.788. The Balaban J connectivity index is 2.02. The molecule has 0 unspecified atom stereocenters. The zero-order valence-corrected chi connectivity index (χ0v) is 10.7. The van der Waals surface area contributed by atoms with Gasteiger partial charge in [-0.2, -0.15) is 0 Å². The van der Waals surface area contributed by atoms with Crippen LogP contribution in [0.15, 0.2) is 24.3 Å². The molecule has 18 heavy (non-hydrogen) atoms. The Morgan fingerprint density at radius 3 is 2.78 bits per heavy atom. The predicted octanol–water partition coefficient (Wildman–Crippen LogP) is 1.18. The highest BCUT2D eigenvalue weighted by Gasteiger charge is 2.16. The van der Waals surface area contributed by atoms with Gasteiger partial charge in [0.25, 0.3) is 0 Å². The number of rotatable bonds is 2. The van der Waals surface area contributed by atoms with Gasteiger partial charge in [-0.3, -0.25) is 0 Å². The zero-order chi connectivity index (χ0) is 13.0. The summed E-state index contributed by atoms with van der Waals surface area (Å²) in [5.41, 5.74) is 6.98. The van der Waals surface area contributed by atoms with Gasteiger partial charge in [-0.15, -0.1) is 0 Å². The highest BCUT2D eigenvalue weighted by molar-refractivity contribution is 7.80. The van der Waals surface area contributed by atoms with Gasteiger partial charge >= 0.3 is 6.03 Å². The third-order valence-electron chi connectivity index (χ3n) is 2.70. The van der Waals surface area contributed by atoms with E-state index in [4.69, 9.17) is 22.7 Å². The van der Waals surface area contributed by atoms with Gasteiger partial charge in [-0.1, -0.05) is 24.4 Å². The number of nitrogens with one attached hydrogen (secondary N) is 1. The number of carbonyl (C=O) groups excluding carboxylic acids is 1. The van der Waals surface area contributed by atoms with E-state index in [0.717, 1.165) is 5.56 Å².